The summed E-state index contributed by atoms with van der Waals surface area (Å²) in [5.41, 5.74) is 2.50. The van der Waals surface area contributed by atoms with Crippen molar-refractivity contribution in [2.75, 3.05) is 18.4 Å². The lowest BCUT2D eigenvalue weighted by molar-refractivity contribution is 0.0293. The number of nitrogens with zero attached hydrogens (tertiary/aromatic N) is 2. The Balaban J connectivity index is 1.70. The van der Waals surface area contributed by atoms with Gasteiger partial charge in [-0.15, -0.1) is 11.3 Å². The molecule has 1 aromatic carbocycles. The van der Waals surface area contributed by atoms with E-state index in [0.717, 1.165) is 0 Å². The number of sulfone groups is 1. The highest BCUT2D eigenvalue weighted by Crippen LogP contribution is 2.28. The van der Waals surface area contributed by atoms with E-state index in [4.69, 9.17) is 4.74 Å². The summed E-state index contributed by atoms with van der Waals surface area (Å²) in [4.78, 5) is 17.5. The molecule has 30 heavy (non-hydrogen) atoms. The molecular weight excluding hydrogens is 429 g/mol. The summed E-state index contributed by atoms with van der Waals surface area (Å²) in [7, 11) is -3.85. The number of thiazole rings is 1. The largest absolute Gasteiger partial charge is 0.444 e. The fourth-order valence-electron chi connectivity index (χ4n) is 3.22. The summed E-state index contributed by atoms with van der Waals surface area (Å²) in [5, 5.41) is 4.86. The minimum Gasteiger partial charge on any atom is -0.444 e. The summed E-state index contributed by atoms with van der Waals surface area (Å²) in [6.07, 6.45) is 0.308. The van der Waals surface area contributed by atoms with Gasteiger partial charge in [0.05, 0.1) is 17.0 Å². The number of carbonyl (C=O) groups is 1. The Morgan fingerprint density at radius 1 is 1.40 bits per heavy atom. The van der Waals surface area contributed by atoms with E-state index in [9.17, 15) is 17.6 Å². The third-order valence-corrected chi connectivity index (χ3v) is 6.93. The second-order valence-corrected chi connectivity index (χ2v) is 11.1. The summed E-state index contributed by atoms with van der Waals surface area (Å²) in [5.74, 6) is -1.15. The van der Waals surface area contributed by atoms with E-state index in [-0.39, 0.29) is 22.8 Å². The molecule has 1 aromatic heterocycles. The number of anilines is 1. The Hall–Kier alpha value is -2.20. The predicted molar refractivity (Wildman–Crippen MR) is 114 cm³/mol. The highest BCUT2D eigenvalue weighted by molar-refractivity contribution is 7.90. The van der Waals surface area contributed by atoms with E-state index in [2.05, 4.69) is 10.3 Å². The molecule has 0 bridgehead atoms. The molecule has 1 saturated heterocycles. The van der Waals surface area contributed by atoms with Gasteiger partial charge in [0.1, 0.15) is 16.3 Å². The van der Waals surface area contributed by atoms with Crippen molar-refractivity contribution in [3.05, 3.63) is 40.1 Å². The van der Waals surface area contributed by atoms with Gasteiger partial charge in [-0.3, -0.25) is 0 Å². The Kier molecular flexibility index (Phi) is 6.37. The molecule has 1 aliphatic heterocycles. The summed E-state index contributed by atoms with van der Waals surface area (Å²) in [6, 6.07) is 2.48. The average Bonchev–Trinajstić information content (AvgIpc) is 3.27. The predicted octanol–water partition coefficient (Wildman–Crippen LogP) is 3.99. The first kappa shape index (κ1) is 22.5. The molecule has 7 nitrogen and oxygen atoms in total. The highest BCUT2D eigenvalue weighted by atomic mass is 32.2. The van der Waals surface area contributed by atoms with E-state index < -0.39 is 21.3 Å². The Labute approximate surface area is 180 Å². The number of hydrogen-bond acceptors (Lipinski definition) is 7. The molecule has 1 N–H and O–H groups in total. The van der Waals surface area contributed by atoms with Gasteiger partial charge in [0.25, 0.3) is 0 Å². The van der Waals surface area contributed by atoms with E-state index in [1.165, 1.54) is 23.5 Å². The maximum atomic E-state index is 14.7. The second-order valence-electron chi connectivity index (χ2n) is 8.39. The van der Waals surface area contributed by atoms with E-state index >= 15 is 0 Å². The number of carbonyl (C=O) groups excluding carboxylic acids is 1. The second kappa shape index (κ2) is 8.50. The van der Waals surface area contributed by atoms with Crippen LogP contribution in [0.1, 0.15) is 38.4 Å². The molecule has 0 aliphatic carbocycles. The molecule has 1 aliphatic rings. The number of hydrogen-bond donors (Lipinski definition) is 1. The van der Waals surface area contributed by atoms with Crippen LogP contribution in [0.5, 0.6) is 0 Å². The van der Waals surface area contributed by atoms with Gasteiger partial charge in [0, 0.05) is 30.2 Å². The maximum absolute atomic E-state index is 14.7. The fourth-order valence-corrected chi connectivity index (χ4v) is 5.30. The van der Waals surface area contributed by atoms with Gasteiger partial charge in [-0.2, -0.15) is 0 Å². The Morgan fingerprint density at radius 3 is 2.77 bits per heavy atom. The molecule has 0 unspecified atom stereocenters. The van der Waals surface area contributed by atoms with Crippen LogP contribution in [0.3, 0.4) is 0 Å². The van der Waals surface area contributed by atoms with Crippen LogP contribution in [0.25, 0.3) is 0 Å². The number of benzene rings is 1. The van der Waals surface area contributed by atoms with Crippen LogP contribution in [-0.2, 0) is 20.3 Å². The fraction of sp³-hybridized carbons (Fsp3) is 0.500. The third-order valence-electron chi connectivity index (χ3n) is 4.63. The van der Waals surface area contributed by atoms with Gasteiger partial charge >= 0.3 is 6.09 Å². The Morgan fingerprint density at radius 2 is 2.13 bits per heavy atom. The van der Waals surface area contributed by atoms with Gasteiger partial charge in [-0.25, -0.2) is 22.6 Å². The first-order valence-electron chi connectivity index (χ1n) is 9.59. The van der Waals surface area contributed by atoms with Gasteiger partial charge in [-0.1, -0.05) is 0 Å². The Bertz CT molecular complexity index is 1020. The quantitative estimate of drug-likeness (QED) is 0.734. The molecular formula is C20H26FN3O4S2. The lowest BCUT2D eigenvalue weighted by Crippen LogP contribution is -2.36. The minimum atomic E-state index is -3.85. The number of halogens is 1. The minimum absolute atomic E-state index is 0.0759. The van der Waals surface area contributed by atoms with Gasteiger partial charge in [0.15, 0.2) is 9.84 Å². The average molecular weight is 456 g/mol. The van der Waals surface area contributed by atoms with E-state index in [1.807, 2.05) is 20.8 Å². The van der Waals surface area contributed by atoms with Gasteiger partial charge in [0.2, 0.25) is 0 Å². The zero-order valence-corrected chi connectivity index (χ0v) is 19.1. The number of ether oxygens (including phenoxy) is 1. The van der Waals surface area contributed by atoms with E-state index in [0.29, 0.717) is 36.5 Å². The number of likely N-dealkylation sites (tertiary alicyclic amines) is 1. The number of rotatable bonds is 5. The standard InChI is InChI=1S/C20H26FN3O4S2/c1-13-7-18(30(26,27)11-15-10-29-12-22-15)16(21)8-17(13)23-14-5-6-24(9-14)19(25)28-20(2,3)4/h7-8,10,12,14,23H,5-6,9,11H2,1-4H3/t14-/m0/s1. The molecule has 2 heterocycles. The molecule has 3 rings (SSSR count). The summed E-state index contributed by atoms with van der Waals surface area (Å²) in [6.45, 7) is 8.13. The van der Waals surface area contributed by atoms with Crippen LogP contribution >= 0.6 is 11.3 Å². The number of nitrogens with one attached hydrogen (secondary N) is 1. The topological polar surface area (TPSA) is 88.6 Å². The SMILES string of the molecule is Cc1cc(S(=O)(=O)Cc2cscn2)c(F)cc1N[C@H]1CCN(C(=O)OC(C)(C)C)C1. The van der Waals surface area contributed by atoms with Crippen molar-refractivity contribution in [1.82, 2.24) is 9.88 Å². The lowest BCUT2D eigenvalue weighted by atomic mass is 10.1. The van der Waals surface area contributed by atoms with Crippen molar-refractivity contribution in [1.29, 1.82) is 0 Å². The maximum Gasteiger partial charge on any atom is 0.410 e. The van der Waals surface area contributed by atoms with Gasteiger partial charge < -0.3 is 15.0 Å². The zero-order valence-electron chi connectivity index (χ0n) is 17.4. The van der Waals surface area contributed by atoms with Crippen molar-refractivity contribution in [3.63, 3.8) is 0 Å². The smallest absolute Gasteiger partial charge is 0.410 e. The zero-order chi connectivity index (χ0) is 22.1. The molecule has 1 fully saturated rings. The van der Waals surface area contributed by atoms with E-state index in [1.54, 1.807) is 22.7 Å². The number of amides is 1. The van der Waals surface area contributed by atoms with Crippen molar-refractivity contribution in [3.8, 4) is 0 Å². The van der Waals surface area contributed by atoms with Crippen LogP contribution in [0, 0.1) is 12.7 Å². The highest BCUT2D eigenvalue weighted by Gasteiger charge is 2.30. The molecule has 1 atom stereocenters. The van der Waals surface area contributed by atoms with Crippen LogP contribution in [0.2, 0.25) is 0 Å². The van der Waals surface area contributed by atoms with Crippen molar-refractivity contribution in [2.45, 2.75) is 56.4 Å². The first-order valence-corrected chi connectivity index (χ1v) is 12.2. The molecule has 164 valence electrons. The summed E-state index contributed by atoms with van der Waals surface area (Å²) >= 11 is 1.29. The van der Waals surface area contributed by atoms with Crippen molar-refractivity contribution in [2.24, 2.45) is 0 Å². The molecule has 10 heteroatoms. The molecule has 0 radical (unpaired) electrons. The van der Waals surface area contributed by atoms with Crippen molar-refractivity contribution < 1.29 is 22.3 Å². The van der Waals surface area contributed by atoms with Crippen LogP contribution in [0.4, 0.5) is 14.9 Å². The number of aryl methyl sites for hydroxylation is 1. The third kappa shape index (κ3) is 5.48. The van der Waals surface area contributed by atoms with Crippen LogP contribution < -0.4 is 5.32 Å². The normalized spacial score (nSPS) is 17.2. The molecule has 2 aromatic rings. The van der Waals surface area contributed by atoms with Gasteiger partial charge in [-0.05, 0) is 51.8 Å². The van der Waals surface area contributed by atoms with Crippen LogP contribution in [0.15, 0.2) is 27.9 Å². The number of aromatic nitrogens is 1. The molecule has 0 saturated carbocycles. The first-order chi connectivity index (χ1) is 13.9. The molecule has 1 amide bonds. The van der Waals surface area contributed by atoms with Crippen molar-refractivity contribution >= 4 is 33.0 Å². The lowest BCUT2D eigenvalue weighted by Gasteiger charge is -2.24. The molecule has 0 spiro atoms. The van der Waals surface area contributed by atoms with Crippen LogP contribution in [-0.4, -0.2) is 49.1 Å². The summed E-state index contributed by atoms with van der Waals surface area (Å²) < 4.78 is 45.3. The monoisotopic (exact) mass is 455 g/mol.